The van der Waals surface area contributed by atoms with Crippen molar-refractivity contribution in [1.29, 1.82) is 0 Å². The zero-order valence-electron chi connectivity index (χ0n) is 16.1. The van der Waals surface area contributed by atoms with Gasteiger partial charge in [-0.1, -0.05) is 42.5 Å². The van der Waals surface area contributed by atoms with E-state index in [1.807, 2.05) is 39.0 Å². The standard InChI is InChI=1S/C22H27NO4/c1-22(2,3)27-12-11-19(21(25)26)23-20(24)18-13-17(18)16-10-6-8-14-7-4-5-9-15(14)16/h4-10,17-19H,11-13H2,1-3H3,(H,23,24)(H,25,26). The highest BCUT2D eigenvalue weighted by Gasteiger charge is 2.45. The van der Waals surface area contributed by atoms with E-state index in [-0.39, 0.29) is 36.4 Å². The molecule has 27 heavy (non-hydrogen) atoms. The van der Waals surface area contributed by atoms with Gasteiger partial charge >= 0.3 is 5.97 Å². The maximum atomic E-state index is 12.6. The molecular weight excluding hydrogens is 342 g/mol. The van der Waals surface area contributed by atoms with Gasteiger partial charge < -0.3 is 15.2 Å². The molecule has 1 aliphatic rings. The summed E-state index contributed by atoms with van der Waals surface area (Å²) < 4.78 is 5.59. The van der Waals surface area contributed by atoms with Crippen LogP contribution in [0.4, 0.5) is 0 Å². The smallest absolute Gasteiger partial charge is 0.326 e. The van der Waals surface area contributed by atoms with Crippen LogP contribution in [0.1, 0.15) is 45.1 Å². The van der Waals surface area contributed by atoms with E-state index >= 15 is 0 Å². The van der Waals surface area contributed by atoms with E-state index in [0.717, 1.165) is 22.8 Å². The Balaban J connectivity index is 1.62. The molecule has 1 aliphatic carbocycles. The monoisotopic (exact) mass is 369 g/mol. The quantitative estimate of drug-likeness (QED) is 0.780. The Morgan fingerprint density at radius 1 is 1.19 bits per heavy atom. The second kappa shape index (κ2) is 7.69. The highest BCUT2D eigenvalue weighted by molar-refractivity contribution is 5.91. The van der Waals surface area contributed by atoms with E-state index in [2.05, 4.69) is 29.6 Å². The van der Waals surface area contributed by atoms with Gasteiger partial charge in [-0.3, -0.25) is 4.79 Å². The molecular formula is C22H27NO4. The van der Waals surface area contributed by atoms with Crippen molar-refractivity contribution in [3.8, 4) is 0 Å². The molecule has 3 unspecified atom stereocenters. The summed E-state index contributed by atoms with van der Waals surface area (Å²) in [7, 11) is 0. The summed E-state index contributed by atoms with van der Waals surface area (Å²) in [6.07, 6.45) is 1.01. The fourth-order valence-corrected chi connectivity index (χ4v) is 3.42. The molecule has 5 heteroatoms. The van der Waals surface area contributed by atoms with Crippen molar-refractivity contribution in [2.75, 3.05) is 6.61 Å². The molecule has 2 aromatic rings. The van der Waals surface area contributed by atoms with Crippen LogP contribution in [0.25, 0.3) is 10.8 Å². The fourth-order valence-electron chi connectivity index (χ4n) is 3.42. The molecule has 0 aromatic heterocycles. The van der Waals surface area contributed by atoms with E-state index in [0.29, 0.717) is 0 Å². The number of benzene rings is 2. The number of carboxylic acid groups (broad SMARTS) is 1. The Kier molecular flexibility index (Phi) is 5.51. The second-order valence-corrected chi connectivity index (χ2v) is 8.17. The molecule has 1 saturated carbocycles. The second-order valence-electron chi connectivity index (χ2n) is 8.17. The average molecular weight is 369 g/mol. The first-order chi connectivity index (χ1) is 12.8. The van der Waals surface area contributed by atoms with Crippen LogP contribution in [0.5, 0.6) is 0 Å². The minimum absolute atomic E-state index is 0.149. The van der Waals surface area contributed by atoms with Gasteiger partial charge in [-0.05, 0) is 49.4 Å². The van der Waals surface area contributed by atoms with Crippen molar-refractivity contribution in [2.45, 2.75) is 51.2 Å². The summed E-state index contributed by atoms with van der Waals surface area (Å²) in [5, 5.41) is 14.4. The lowest BCUT2D eigenvalue weighted by Gasteiger charge is -2.21. The minimum atomic E-state index is -1.02. The van der Waals surface area contributed by atoms with Crippen molar-refractivity contribution in [2.24, 2.45) is 5.92 Å². The number of ether oxygens (including phenoxy) is 1. The summed E-state index contributed by atoms with van der Waals surface area (Å²) in [5.41, 5.74) is 0.833. The number of hydrogen-bond donors (Lipinski definition) is 2. The molecule has 0 saturated heterocycles. The highest BCUT2D eigenvalue weighted by Crippen LogP contribution is 2.49. The van der Waals surface area contributed by atoms with Gasteiger partial charge in [0, 0.05) is 18.9 Å². The normalized spacial score (nSPS) is 20.3. The van der Waals surface area contributed by atoms with Crippen molar-refractivity contribution < 1.29 is 19.4 Å². The zero-order valence-corrected chi connectivity index (χ0v) is 16.1. The topological polar surface area (TPSA) is 75.6 Å². The van der Waals surface area contributed by atoms with Crippen molar-refractivity contribution in [3.63, 3.8) is 0 Å². The number of amides is 1. The molecule has 5 nitrogen and oxygen atoms in total. The van der Waals surface area contributed by atoms with E-state index in [1.165, 1.54) is 0 Å². The zero-order chi connectivity index (χ0) is 19.6. The molecule has 144 valence electrons. The van der Waals surface area contributed by atoms with Gasteiger partial charge in [0.2, 0.25) is 5.91 Å². The van der Waals surface area contributed by atoms with Crippen LogP contribution < -0.4 is 5.32 Å². The Bertz CT molecular complexity index is 834. The molecule has 0 radical (unpaired) electrons. The number of nitrogens with one attached hydrogen (secondary N) is 1. The third-order valence-corrected chi connectivity index (χ3v) is 4.91. The summed E-state index contributed by atoms with van der Waals surface area (Å²) in [6.45, 7) is 6.04. The van der Waals surface area contributed by atoms with E-state index in [4.69, 9.17) is 4.74 Å². The molecule has 1 fully saturated rings. The van der Waals surface area contributed by atoms with Crippen LogP contribution in [0.2, 0.25) is 0 Å². The molecule has 2 N–H and O–H groups in total. The van der Waals surface area contributed by atoms with Crippen molar-refractivity contribution >= 4 is 22.6 Å². The van der Waals surface area contributed by atoms with Crippen LogP contribution in [0.3, 0.4) is 0 Å². The van der Waals surface area contributed by atoms with Crippen LogP contribution >= 0.6 is 0 Å². The van der Waals surface area contributed by atoms with Gasteiger partial charge in [0.25, 0.3) is 0 Å². The molecule has 2 aromatic carbocycles. The molecule has 0 bridgehead atoms. The lowest BCUT2D eigenvalue weighted by atomic mass is 10.00. The summed E-state index contributed by atoms with van der Waals surface area (Å²) in [4.78, 5) is 24.1. The SMILES string of the molecule is CC(C)(C)OCCC(NC(=O)C1CC1c1cccc2ccccc12)C(=O)O. The first-order valence-corrected chi connectivity index (χ1v) is 9.41. The van der Waals surface area contributed by atoms with Gasteiger partial charge in [-0.2, -0.15) is 0 Å². The van der Waals surface area contributed by atoms with Gasteiger partial charge in [0.15, 0.2) is 0 Å². The Morgan fingerprint density at radius 2 is 1.89 bits per heavy atom. The lowest BCUT2D eigenvalue weighted by Crippen LogP contribution is -2.42. The Labute approximate surface area is 159 Å². The number of rotatable bonds is 7. The lowest BCUT2D eigenvalue weighted by molar-refractivity contribution is -0.143. The van der Waals surface area contributed by atoms with E-state index in [1.54, 1.807) is 0 Å². The first-order valence-electron chi connectivity index (χ1n) is 9.41. The van der Waals surface area contributed by atoms with Gasteiger partial charge in [-0.25, -0.2) is 4.79 Å². The van der Waals surface area contributed by atoms with Crippen LogP contribution in [0, 0.1) is 5.92 Å². The Hall–Kier alpha value is -2.40. The summed E-state index contributed by atoms with van der Waals surface area (Å²) in [5.74, 6) is -1.23. The number of carbonyl (C=O) groups is 2. The van der Waals surface area contributed by atoms with Gasteiger partial charge in [0.1, 0.15) is 6.04 Å². The van der Waals surface area contributed by atoms with Crippen molar-refractivity contribution in [3.05, 3.63) is 48.0 Å². The van der Waals surface area contributed by atoms with Gasteiger partial charge in [-0.15, -0.1) is 0 Å². The highest BCUT2D eigenvalue weighted by atomic mass is 16.5. The predicted octanol–water partition coefficient (Wildman–Crippen LogP) is 3.72. The number of fused-ring (bicyclic) bond motifs is 1. The molecule has 3 rings (SSSR count). The summed E-state index contributed by atoms with van der Waals surface area (Å²) in [6, 6.07) is 13.3. The predicted molar refractivity (Wildman–Crippen MR) is 105 cm³/mol. The van der Waals surface area contributed by atoms with E-state index < -0.39 is 12.0 Å². The van der Waals surface area contributed by atoms with Crippen molar-refractivity contribution in [1.82, 2.24) is 5.32 Å². The number of carboxylic acids is 1. The molecule has 3 atom stereocenters. The number of hydrogen-bond acceptors (Lipinski definition) is 3. The largest absolute Gasteiger partial charge is 0.480 e. The molecule has 1 amide bonds. The molecule has 0 heterocycles. The van der Waals surface area contributed by atoms with Crippen LogP contribution in [-0.2, 0) is 14.3 Å². The maximum Gasteiger partial charge on any atom is 0.326 e. The van der Waals surface area contributed by atoms with Crippen LogP contribution in [0.15, 0.2) is 42.5 Å². The number of aliphatic carboxylic acids is 1. The molecule has 0 aliphatic heterocycles. The third-order valence-electron chi connectivity index (χ3n) is 4.91. The number of carbonyl (C=O) groups excluding carboxylic acids is 1. The maximum absolute atomic E-state index is 12.6. The summed E-state index contributed by atoms with van der Waals surface area (Å²) >= 11 is 0. The molecule has 0 spiro atoms. The van der Waals surface area contributed by atoms with Gasteiger partial charge in [0.05, 0.1) is 5.60 Å². The first kappa shape index (κ1) is 19.4. The third kappa shape index (κ3) is 4.86. The van der Waals surface area contributed by atoms with E-state index in [9.17, 15) is 14.7 Å². The average Bonchev–Trinajstić information content (AvgIpc) is 3.40. The fraction of sp³-hybridized carbons (Fsp3) is 0.455. The minimum Gasteiger partial charge on any atom is -0.480 e. The van der Waals surface area contributed by atoms with Crippen LogP contribution in [-0.4, -0.2) is 35.2 Å². The Morgan fingerprint density at radius 3 is 2.59 bits per heavy atom.